The lowest BCUT2D eigenvalue weighted by Gasteiger charge is -2.28. The van der Waals surface area contributed by atoms with Gasteiger partial charge in [0.25, 0.3) is 0 Å². The van der Waals surface area contributed by atoms with Gasteiger partial charge in [0, 0.05) is 12.0 Å². The molecule has 1 aliphatic rings. The lowest BCUT2D eigenvalue weighted by molar-refractivity contribution is -0.103. The SMILES string of the molecule is OC1(O)CC=c2ccc(-c3cccc4ccccc34)cc2=C1c1cccc2ccc(-c3cccc4ccccc34)cc12. The highest BCUT2D eigenvalue weighted by Gasteiger charge is 2.32. The molecule has 0 aromatic heterocycles. The van der Waals surface area contributed by atoms with Crippen molar-refractivity contribution in [2.24, 2.45) is 0 Å². The van der Waals surface area contributed by atoms with E-state index >= 15 is 0 Å². The molecule has 42 heavy (non-hydrogen) atoms. The van der Waals surface area contributed by atoms with Gasteiger partial charge < -0.3 is 10.2 Å². The molecule has 2 nitrogen and oxygen atoms in total. The molecule has 1 aliphatic carbocycles. The zero-order valence-electron chi connectivity index (χ0n) is 23.0. The first-order valence-electron chi connectivity index (χ1n) is 14.4. The molecule has 0 amide bonds. The van der Waals surface area contributed by atoms with Crippen molar-refractivity contribution in [3.8, 4) is 22.3 Å². The van der Waals surface area contributed by atoms with Gasteiger partial charge in [0.15, 0.2) is 5.79 Å². The molecular formula is C40H28O2. The molecule has 0 unspecified atom stereocenters. The van der Waals surface area contributed by atoms with E-state index in [0.717, 1.165) is 49.0 Å². The van der Waals surface area contributed by atoms with Gasteiger partial charge in [-0.3, -0.25) is 0 Å². The molecular weight excluding hydrogens is 512 g/mol. The third-order valence-corrected chi connectivity index (χ3v) is 8.68. The Labute approximate surface area is 243 Å². The molecule has 0 aliphatic heterocycles. The zero-order chi connectivity index (χ0) is 28.3. The predicted molar refractivity (Wildman–Crippen MR) is 174 cm³/mol. The smallest absolute Gasteiger partial charge is 0.194 e. The first-order valence-corrected chi connectivity index (χ1v) is 14.4. The molecule has 2 heteroatoms. The molecule has 0 heterocycles. The van der Waals surface area contributed by atoms with Crippen molar-refractivity contribution in [2.45, 2.75) is 12.2 Å². The van der Waals surface area contributed by atoms with Gasteiger partial charge in [0.05, 0.1) is 0 Å². The molecule has 200 valence electrons. The molecule has 0 bridgehead atoms. The van der Waals surface area contributed by atoms with Gasteiger partial charge in [-0.25, -0.2) is 0 Å². The Hall–Kier alpha value is -5.02. The summed E-state index contributed by atoms with van der Waals surface area (Å²) in [4.78, 5) is 0. The molecule has 0 fully saturated rings. The summed E-state index contributed by atoms with van der Waals surface area (Å²) in [6.45, 7) is 0. The second-order valence-corrected chi connectivity index (χ2v) is 11.2. The van der Waals surface area contributed by atoms with Gasteiger partial charge in [0.2, 0.25) is 0 Å². The van der Waals surface area contributed by atoms with Crippen LogP contribution in [0.15, 0.2) is 140 Å². The Morgan fingerprint density at radius 1 is 0.452 bits per heavy atom. The van der Waals surface area contributed by atoms with Crippen LogP contribution in [0.25, 0.3) is 66.2 Å². The summed E-state index contributed by atoms with van der Waals surface area (Å²) < 4.78 is 0. The molecule has 8 rings (SSSR count). The van der Waals surface area contributed by atoms with Crippen LogP contribution in [-0.4, -0.2) is 16.0 Å². The van der Waals surface area contributed by atoms with E-state index in [4.69, 9.17) is 0 Å². The van der Waals surface area contributed by atoms with E-state index in [1.54, 1.807) is 0 Å². The number of rotatable bonds is 3. The first-order chi connectivity index (χ1) is 20.6. The van der Waals surface area contributed by atoms with Crippen molar-refractivity contribution >= 4 is 44.0 Å². The third kappa shape index (κ3) is 3.96. The quantitative estimate of drug-likeness (QED) is 0.227. The maximum Gasteiger partial charge on any atom is 0.194 e. The zero-order valence-corrected chi connectivity index (χ0v) is 23.0. The lowest BCUT2D eigenvalue weighted by atomic mass is 9.84. The van der Waals surface area contributed by atoms with Crippen LogP contribution in [0.2, 0.25) is 0 Å². The third-order valence-electron chi connectivity index (χ3n) is 8.68. The molecule has 0 radical (unpaired) electrons. The first kappa shape index (κ1) is 24.8. The summed E-state index contributed by atoms with van der Waals surface area (Å²) in [5.41, 5.74) is 5.81. The molecule has 0 spiro atoms. The Bertz CT molecular complexity index is 2300. The summed E-state index contributed by atoms with van der Waals surface area (Å²) >= 11 is 0. The normalized spacial score (nSPS) is 14.2. The van der Waals surface area contributed by atoms with E-state index in [-0.39, 0.29) is 6.42 Å². The van der Waals surface area contributed by atoms with Crippen molar-refractivity contribution in [3.05, 3.63) is 156 Å². The lowest BCUT2D eigenvalue weighted by Crippen LogP contribution is -2.43. The van der Waals surface area contributed by atoms with Crippen molar-refractivity contribution in [1.29, 1.82) is 0 Å². The largest absolute Gasteiger partial charge is 0.362 e. The molecule has 0 saturated heterocycles. The molecule has 7 aromatic carbocycles. The summed E-state index contributed by atoms with van der Waals surface area (Å²) in [6.07, 6.45) is 2.06. The standard InChI is InChI=1S/C40H28O2/c41-40(42)23-22-29-19-21-31(35-16-6-11-27-9-2-4-14-33(27)35)25-38(29)39(40)36-17-7-12-28-18-20-30(24-37(28)36)34-15-5-10-26-8-1-3-13-32(26)34/h1-22,24-25,41-42H,23H2. The summed E-state index contributed by atoms with van der Waals surface area (Å²) in [5, 5.41) is 31.7. The average Bonchev–Trinajstić information content (AvgIpc) is 3.03. The molecule has 0 saturated carbocycles. The van der Waals surface area contributed by atoms with Crippen molar-refractivity contribution < 1.29 is 10.2 Å². The fraction of sp³-hybridized carbons (Fsp3) is 0.0500. The van der Waals surface area contributed by atoms with E-state index in [9.17, 15) is 10.2 Å². The van der Waals surface area contributed by atoms with Gasteiger partial charge in [-0.05, 0) is 82.7 Å². The van der Waals surface area contributed by atoms with E-state index in [1.165, 1.54) is 21.5 Å². The molecule has 7 aromatic rings. The monoisotopic (exact) mass is 540 g/mol. The summed E-state index contributed by atoms with van der Waals surface area (Å²) in [5.74, 6) is -2.01. The Balaban J connectivity index is 1.41. The van der Waals surface area contributed by atoms with Crippen LogP contribution in [0.5, 0.6) is 0 Å². The number of fused-ring (bicyclic) bond motifs is 4. The highest BCUT2D eigenvalue weighted by Crippen LogP contribution is 2.37. The minimum absolute atomic E-state index is 0.127. The van der Waals surface area contributed by atoms with Crippen molar-refractivity contribution in [2.75, 3.05) is 0 Å². The second-order valence-electron chi connectivity index (χ2n) is 11.2. The van der Waals surface area contributed by atoms with Crippen LogP contribution in [0.4, 0.5) is 0 Å². The van der Waals surface area contributed by atoms with E-state index in [0.29, 0.717) is 5.57 Å². The maximum atomic E-state index is 11.5. The number of hydrogen-bond acceptors (Lipinski definition) is 2. The average molecular weight is 541 g/mol. The number of benzene rings is 7. The minimum Gasteiger partial charge on any atom is -0.362 e. The maximum absolute atomic E-state index is 11.5. The Morgan fingerprint density at radius 3 is 1.64 bits per heavy atom. The topological polar surface area (TPSA) is 40.5 Å². The van der Waals surface area contributed by atoms with E-state index in [1.807, 2.05) is 18.2 Å². The second kappa shape index (κ2) is 9.53. The van der Waals surface area contributed by atoms with Gasteiger partial charge >= 0.3 is 0 Å². The fourth-order valence-electron chi connectivity index (χ4n) is 6.66. The van der Waals surface area contributed by atoms with Crippen molar-refractivity contribution in [3.63, 3.8) is 0 Å². The highest BCUT2D eigenvalue weighted by atomic mass is 16.5. The van der Waals surface area contributed by atoms with Gasteiger partial charge in [-0.2, -0.15) is 0 Å². The minimum atomic E-state index is -2.01. The van der Waals surface area contributed by atoms with Crippen LogP contribution >= 0.6 is 0 Å². The number of aliphatic hydroxyl groups is 2. The molecule has 0 atom stereocenters. The van der Waals surface area contributed by atoms with Crippen LogP contribution in [0, 0.1) is 0 Å². The summed E-state index contributed by atoms with van der Waals surface area (Å²) in [7, 11) is 0. The van der Waals surface area contributed by atoms with Crippen LogP contribution in [-0.2, 0) is 0 Å². The highest BCUT2D eigenvalue weighted by molar-refractivity contribution is 6.02. The van der Waals surface area contributed by atoms with Crippen LogP contribution in [0.3, 0.4) is 0 Å². The van der Waals surface area contributed by atoms with Crippen LogP contribution in [0.1, 0.15) is 12.0 Å². The van der Waals surface area contributed by atoms with Gasteiger partial charge in [0.1, 0.15) is 0 Å². The van der Waals surface area contributed by atoms with Crippen LogP contribution < -0.4 is 10.4 Å². The summed E-state index contributed by atoms with van der Waals surface area (Å²) in [6, 6.07) is 48.5. The Morgan fingerprint density at radius 2 is 0.976 bits per heavy atom. The Kier molecular flexibility index (Phi) is 5.61. The number of hydrogen-bond donors (Lipinski definition) is 2. The van der Waals surface area contributed by atoms with Crippen molar-refractivity contribution in [1.82, 2.24) is 0 Å². The van der Waals surface area contributed by atoms with Gasteiger partial charge in [-0.15, -0.1) is 0 Å². The van der Waals surface area contributed by atoms with Gasteiger partial charge in [-0.1, -0.05) is 133 Å². The predicted octanol–water partition coefficient (Wildman–Crippen LogP) is 7.54. The van der Waals surface area contributed by atoms with E-state index < -0.39 is 5.79 Å². The fourth-order valence-corrected chi connectivity index (χ4v) is 6.66. The molecule has 2 N–H and O–H groups in total. The van der Waals surface area contributed by atoms with E-state index in [2.05, 4.69) is 127 Å².